The van der Waals surface area contributed by atoms with Crippen molar-refractivity contribution >= 4 is 35.0 Å². The number of nitrogens with one attached hydrogen (secondary N) is 1. The Morgan fingerprint density at radius 3 is 2.48 bits per heavy atom. The Hall–Kier alpha value is -2.62. The number of pyridine rings is 1. The summed E-state index contributed by atoms with van der Waals surface area (Å²) in [6.07, 6.45) is 3.64. The van der Waals surface area contributed by atoms with Gasteiger partial charge in [0.05, 0.1) is 4.92 Å². The zero-order valence-electron chi connectivity index (χ0n) is 19.5. The fourth-order valence-corrected chi connectivity index (χ4v) is 4.56. The van der Waals surface area contributed by atoms with Crippen molar-refractivity contribution in [2.75, 3.05) is 25.0 Å². The molecule has 3 rings (SSSR count). The SMILES string of the molecule is CC1CN(C(=O)OC(C)(C)C)CCN1C(=O)[C@H]1CC[C@@H](Nc2cc(Cl)ncc2[N+](=O)[O-])CC1. The van der Waals surface area contributed by atoms with Crippen LogP contribution in [0.3, 0.4) is 0 Å². The van der Waals surface area contributed by atoms with E-state index in [1.807, 2.05) is 32.6 Å². The Morgan fingerprint density at radius 1 is 1.24 bits per heavy atom. The van der Waals surface area contributed by atoms with Gasteiger partial charge in [-0.1, -0.05) is 11.6 Å². The Morgan fingerprint density at radius 2 is 1.91 bits per heavy atom. The molecule has 10 nitrogen and oxygen atoms in total. The molecule has 1 atom stereocenters. The standard InChI is InChI=1S/C22H32ClN5O5/c1-14-13-26(21(30)33-22(2,3)4)9-10-27(14)20(29)15-5-7-16(8-6-15)25-17-11-19(23)24-12-18(17)28(31)32/h11-12,14-16H,5-10,13H2,1-4H3,(H,24,25)/t14?,15-,16+. The average molecular weight is 482 g/mol. The number of carbonyl (C=O) groups is 2. The van der Waals surface area contributed by atoms with E-state index in [1.54, 1.807) is 4.90 Å². The highest BCUT2D eigenvalue weighted by molar-refractivity contribution is 6.29. The highest BCUT2D eigenvalue weighted by Gasteiger charge is 2.36. The number of amides is 2. The van der Waals surface area contributed by atoms with Crippen molar-refractivity contribution in [2.24, 2.45) is 5.92 Å². The molecule has 1 aliphatic carbocycles. The lowest BCUT2D eigenvalue weighted by Crippen LogP contribution is -2.57. The molecule has 0 radical (unpaired) electrons. The van der Waals surface area contributed by atoms with Gasteiger partial charge in [0, 0.05) is 43.7 Å². The number of nitro groups is 1. The first-order valence-corrected chi connectivity index (χ1v) is 11.7. The summed E-state index contributed by atoms with van der Waals surface area (Å²) in [5.41, 5.74) is -0.321. The Labute approximate surface area is 198 Å². The number of hydrogen-bond acceptors (Lipinski definition) is 7. The first-order chi connectivity index (χ1) is 15.4. The second-order valence-corrected chi connectivity index (χ2v) is 10.2. The summed E-state index contributed by atoms with van der Waals surface area (Å²) >= 11 is 5.91. The average Bonchev–Trinajstić information content (AvgIpc) is 2.72. The topological polar surface area (TPSA) is 118 Å². The molecule has 1 saturated carbocycles. The van der Waals surface area contributed by atoms with Crippen LogP contribution in [-0.2, 0) is 9.53 Å². The van der Waals surface area contributed by atoms with Gasteiger partial charge < -0.3 is 19.9 Å². The zero-order valence-corrected chi connectivity index (χ0v) is 20.3. The fraction of sp³-hybridized carbons (Fsp3) is 0.682. The molecule has 2 fully saturated rings. The maximum atomic E-state index is 13.2. The third kappa shape index (κ3) is 6.46. The van der Waals surface area contributed by atoms with E-state index < -0.39 is 10.5 Å². The zero-order chi connectivity index (χ0) is 24.3. The molecule has 1 aliphatic heterocycles. The molecule has 0 aromatic carbocycles. The molecule has 0 bridgehead atoms. The second kappa shape index (κ2) is 10.1. The fourth-order valence-electron chi connectivity index (χ4n) is 4.40. The van der Waals surface area contributed by atoms with Crippen LogP contribution < -0.4 is 5.32 Å². The van der Waals surface area contributed by atoms with Gasteiger partial charge in [-0.05, 0) is 53.4 Å². The number of anilines is 1. The number of halogens is 1. The van der Waals surface area contributed by atoms with Crippen LogP contribution in [0.5, 0.6) is 0 Å². The summed E-state index contributed by atoms with van der Waals surface area (Å²) in [4.78, 5) is 43.6. The minimum absolute atomic E-state index is 0.0210. The molecule has 33 heavy (non-hydrogen) atoms. The Balaban J connectivity index is 1.52. The summed E-state index contributed by atoms with van der Waals surface area (Å²) < 4.78 is 5.45. The summed E-state index contributed by atoms with van der Waals surface area (Å²) in [6.45, 7) is 8.84. The number of rotatable bonds is 4. The molecule has 2 aliphatic rings. The quantitative estimate of drug-likeness (QED) is 0.391. The minimum Gasteiger partial charge on any atom is -0.444 e. The first-order valence-electron chi connectivity index (χ1n) is 11.3. The Kier molecular flexibility index (Phi) is 7.66. The van der Waals surface area contributed by atoms with Crippen LogP contribution in [0.25, 0.3) is 0 Å². The molecule has 0 spiro atoms. The predicted molar refractivity (Wildman–Crippen MR) is 124 cm³/mol. The normalized spacial score (nSPS) is 23.7. The van der Waals surface area contributed by atoms with Gasteiger partial charge >= 0.3 is 11.8 Å². The van der Waals surface area contributed by atoms with E-state index >= 15 is 0 Å². The van der Waals surface area contributed by atoms with E-state index in [9.17, 15) is 19.7 Å². The number of hydrogen-bond donors (Lipinski definition) is 1. The molecule has 11 heteroatoms. The van der Waals surface area contributed by atoms with E-state index in [2.05, 4.69) is 10.3 Å². The smallest absolute Gasteiger partial charge is 0.410 e. The number of carbonyl (C=O) groups excluding carboxylic acids is 2. The van der Waals surface area contributed by atoms with Crippen LogP contribution in [0.2, 0.25) is 5.15 Å². The number of nitrogens with zero attached hydrogens (tertiary/aromatic N) is 4. The maximum Gasteiger partial charge on any atom is 0.410 e. The van der Waals surface area contributed by atoms with Crippen LogP contribution in [0.15, 0.2) is 12.3 Å². The molecule has 2 heterocycles. The van der Waals surface area contributed by atoms with Crippen LogP contribution in [-0.4, -0.2) is 69.0 Å². The highest BCUT2D eigenvalue weighted by atomic mass is 35.5. The third-order valence-electron chi connectivity index (χ3n) is 6.04. The second-order valence-electron chi connectivity index (χ2n) is 9.78. The summed E-state index contributed by atoms with van der Waals surface area (Å²) in [7, 11) is 0. The van der Waals surface area contributed by atoms with Crippen molar-refractivity contribution in [3.63, 3.8) is 0 Å². The van der Waals surface area contributed by atoms with Gasteiger partial charge in [0.1, 0.15) is 22.6 Å². The molecule has 2 amide bonds. The van der Waals surface area contributed by atoms with Gasteiger partial charge in [0.2, 0.25) is 5.91 Å². The molecule has 1 aromatic heterocycles. The summed E-state index contributed by atoms with van der Waals surface area (Å²) in [5, 5.41) is 14.6. The van der Waals surface area contributed by atoms with Crippen LogP contribution >= 0.6 is 11.6 Å². The van der Waals surface area contributed by atoms with E-state index in [0.29, 0.717) is 38.2 Å². The number of aromatic nitrogens is 1. The van der Waals surface area contributed by atoms with Gasteiger partial charge in [-0.15, -0.1) is 0 Å². The van der Waals surface area contributed by atoms with Gasteiger partial charge in [-0.25, -0.2) is 9.78 Å². The molecule has 182 valence electrons. The summed E-state index contributed by atoms with van der Waals surface area (Å²) in [5.74, 6) is 0.0253. The lowest BCUT2D eigenvalue weighted by molar-refractivity contribution is -0.384. The largest absolute Gasteiger partial charge is 0.444 e. The Bertz CT molecular complexity index is 898. The lowest BCUT2D eigenvalue weighted by Gasteiger charge is -2.42. The van der Waals surface area contributed by atoms with E-state index in [4.69, 9.17) is 16.3 Å². The van der Waals surface area contributed by atoms with Crippen molar-refractivity contribution in [3.05, 3.63) is 27.5 Å². The molecule has 1 unspecified atom stereocenters. The predicted octanol–water partition coefficient (Wildman–Crippen LogP) is 4.08. The maximum absolute atomic E-state index is 13.2. The van der Waals surface area contributed by atoms with Crippen LogP contribution in [0.4, 0.5) is 16.2 Å². The molecule has 1 saturated heterocycles. The van der Waals surface area contributed by atoms with Crippen molar-refractivity contribution in [2.45, 2.75) is 71.1 Å². The van der Waals surface area contributed by atoms with Gasteiger partial charge in [-0.3, -0.25) is 14.9 Å². The first kappa shape index (κ1) is 25.0. The van der Waals surface area contributed by atoms with Crippen molar-refractivity contribution < 1.29 is 19.2 Å². The summed E-state index contributed by atoms with van der Waals surface area (Å²) in [6, 6.07) is 1.40. The van der Waals surface area contributed by atoms with E-state index in [-0.39, 0.29) is 40.8 Å². The number of piperazine rings is 1. The molecule has 1 aromatic rings. The molecule has 1 N–H and O–H groups in total. The van der Waals surface area contributed by atoms with Crippen LogP contribution in [0, 0.1) is 16.0 Å². The van der Waals surface area contributed by atoms with Crippen molar-refractivity contribution in [3.8, 4) is 0 Å². The van der Waals surface area contributed by atoms with Crippen LogP contribution in [0.1, 0.15) is 53.4 Å². The third-order valence-corrected chi connectivity index (χ3v) is 6.25. The van der Waals surface area contributed by atoms with Crippen molar-refractivity contribution in [1.82, 2.24) is 14.8 Å². The van der Waals surface area contributed by atoms with Crippen molar-refractivity contribution in [1.29, 1.82) is 0 Å². The van der Waals surface area contributed by atoms with Gasteiger partial charge in [0.15, 0.2) is 0 Å². The highest BCUT2D eigenvalue weighted by Crippen LogP contribution is 2.32. The lowest BCUT2D eigenvalue weighted by atomic mass is 9.84. The molecular weight excluding hydrogens is 450 g/mol. The monoisotopic (exact) mass is 481 g/mol. The molecular formula is C22H32ClN5O5. The minimum atomic E-state index is -0.554. The van der Waals surface area contributed by atoms with Gasteiger partial charge in [0.25, 0.3) is 0 Å². The van der Waals surface area contributed by atoms with E-state index in [1.165, 1.54) is 6.07 Å². The van der Waals surface area contributed by atoms with E-state index in [0.717, 1.165) is 19.0 Å². The number of ether oxygens (including phenoxy) is 1. The van der Waals surface area contributed by atoms with Gasteiger partial charge in [-0.2, -0.15) is 0 Å².